The Balaban J connectivity index is 1.63. The number of benzene rings is 2. The normalized spacial score (nSPS) is 17.0. The van der Waals surface area contributed by atoms with Crippen molar-refractivity contribution in [3.05, 3.63) is 69.9 Å². The molecule has 4 rings (SSSR count). The standard InChI is InChI=1S/C19H19N3O4S/c23-22(24)17-10-3-4-11-18(17)27(25,26)20-12-13-6-5-9-16-19(13)14-7-1-2-8-15(14)21-16/h1-4,7-8,10-11,13,20-21H,5-6,9,12H2/t13-/m0/s1. The van der Waals surface area contributed by atoms with E-state index in [4.69, 9.17) is 0 Å². The molecule has 1 atom stereocenters. The number of aromatic nitrogens is 1. The highest BCUT2D eigenvalue weighted by Gasteiger charge is 2.29. The molecule has 0 aliphatic heterocycles. The first-order chi connectivity index (χ1) is 13.0. The summed E-state index contributed by atoms with van der Waals surface area (Å²) in [6.07, 6.45) is 2.78. The van der Waals surface area contributed by atoms with E-state index in [1.54, 1.807) is 0 Å². The molecule has 2 aromatic carbocycles. The number of hydrogen-bond donors (Lipinski definition) is 2. The van der Waals surface area contributed by atoms with Crippen molar-refractivity contribution in [3.63, 3.8) is 0 Å². The number of nitrogens with one attached hydrogen (secondary N) is 2. The third kappa shape index (κ3) is 3.22. The Morgan fingerprint density at radius 3 is 2.70 bits per heavy atom. The summed E-state index contributed by atoms with van der Waals surface area (Å²) in [5.41, 5.74) is 2.94. The molecule has 27 heavy (non-hydrogen) atoms. The minimum Gasteiger partial charge on any atom is -0.358 e. The Morgan fingerprint density at radius 1 is 1.15 bits per heavy atom. The first-order valence-electron chi connectivity index (χ1n) is 8.80. The highest BCUT2D eigenvalue weighted by atomic mass is 32.2. The molecule has 0 bridgehead atoms. The lowest BCUT2D eigenvalue weighted by atomic mass is 9.85. The highest BCUT2D eigenvalue weighted by molar-refractivity contribution is 7.89. The monoisotopic (exact) mass is 385 g/mol. The van der Waals surface area contributed by atoms with Crippen LogP contribution in [-0.2, 0) is 16.4 Å². The molecule has 0 radical (unpaired) electrons. The van der Waals surface area contributed by atoms with Gasteiger partial charge in [-0.25, -0.2) is 13.1 Å². The van der Waals surface area contributed by atoms with Crippen LogP contribution in [-0.4, -0.2) is 24.9 Å². The van der Waals surface area contributed by atoms with Gasteiger partial charge < -0.3 is 4.98 Å². The van der Waals surface area contributed by atoms with Crippen LogP contribution >= 0.6 is 0 Å². The van der Waals surface area contributed by atoms with Crippen molar-refractivity contribution in [2.45, 2.75) is 30.1 Å². The van der Waals surface area contributed by atoms with Gasteiger partial charge in [0.05, 0.1) is 4.92 Å². The van der Waals surface area contributed by atoms with Crippen molar-refractivity contribution in [1.29, 1.82) is 0 Å². The molecule has 0 saturated heterocycles. The minimum atomic E-state index is -3.98. The molecule has 0 unspecified atom stereocenters. The summed E-state index contributed by atoms with van der Waals surface area (Å²) in [5.74, 6) is 0.0300. The molecule has 0 spiro atoms. The summed E-state index contributed by atoms with van der Waals surface area (Å²) in [6, 6.07) is 13.4. The molecular weight excluding hydrogens is 366 g/mol. The molecule has 3 aromatic rings. The number of nitro benzene ring substituents is 1. The zero-order valence-corrected chi connectivity index (χ0v) is 15.3. The van der Waals surface area contributed by atoms with E-state index in [-0.39, 0.29) is 17.4 Å². The average Bonchev–Trinajstić information content (AvgIpc) is 3.05. The zero-order chi connectivity index (χ0) is 19.0. The first-order valence-corrected chi connectivity index (χ1v) is 10.3. The molecule has 140 valence electrons. The summed E-state index contributed by atoms with van der Waals surface area (Å²) >= 11 is 0. The summed E-state index contributed by atoms with van der Waals surface area (Å²) < 4.78 is 28.0. The van der Waals surface area contributed by atoms with Crippen LogP contribution in [0.2, 0.25) is 0 Å². The van der Waals surface area contributed by atoms with Gasteiger partial charge in [-0.2, -0.15) is 0 Å². The van der Waals surface area contributed by atoms with E-state index in [9.17, 15) is 18.5 Å². The van der Waals surface area contributed by atoms with E-state index < -0.39 is 20.6 Å². The Kier molecular flexibility index (Phi) is 4.45. The molecule has 0 saturated carbocycles. The van der Waals surface area contributed by atoms with Crippen LogP contribution in [0.15, 0.2) is 53.4 Å². The van der Waals surface area contributed by atoms with Gasteiger partial charge in [0.25, 0.3) is 5.69 Å². The van der Waals surface area contributed by atoms with Gasteiger partial charge in [-0.3, -0.25) is 10.1 Å². The molecule has 1 heterocycles. The third-order valence-corrected chi connectivity index (χ3v) is 6.56. The number of para-hydroxylation sites is 2. The molecule has 1 aromatic heterocycles. The van der Waals surface area contributed by atoms with Crippen LogP contribution in [0.3, 0.4) is 0 Å². The van der Waals surface area contributed by atoms with Crippen LogP contribution in [0.5, 0.6) is 0 Å². The first kappa shape index (κ1) is 17.7. The van der Waals surface area contributed by atoms with E-state index >= 15 is 0 Å². The fourth-order valence-corrected chi connectivity index (χ4v) is 5.13. The Hall–Kier alpha value is -2.71. The van der Waals surface area contributed by atoms with Gasteiger partial charge >= 0.3 is 0 Å². The van der Waals surface area contributed by atoms with Crippen LogP contribution in [0.25, 0.3) is 10.9 Å². The van der Waals surface area contributed by atoms with Crippen LogP contribution in [0.4, 0.5) is 5.69 Å². The Labute approximate surface area is 156 Å². The lowest BCUT2D eigenvalue weighted by molar-refractivity contribution is -0.387. The number of sulfonamides is 1. The number of aryl methyl sites for hydroxylation is 1. The second kappa shape index (κ2) is 6.79. The number of nitro groups is 1. The van der Waals surface area contributed by atoms with Gasteiger partial charge in [-0.05, 0) is 42.9 Å². The number of rotatable bonds is 5. The van der Waals surface area contributed by atoms with Crippen LogP contribution in [0.1, 0.15) is 30.0 Å². The van der Waals surface area contributed by atoms with Gasteiger partial charge in [0, 0.05) is 29.2 Å². The summed E-state index contributed by atoms with van der Waals surface area (Å²) in [4.78, 5) is 13.6. The van der Waals surface area contributed by atoms with Crippen molar-refractivity contribution in [2.24, 2.45) is 0 Å². The number of aromatic amines is 1. The predicted molar refractivity (Wildman–Crippen MR) is 102 cm³/mol. The van der Waals surface area contributed by atoms with Gasteiger partial charge in [0.1, 0.15) is 0 Å². The van der Waals surface area contributed by atoms with E-state index in [0.717, 1.165) is 41.4 Å². The summed E-state index contributed by atoms with van der Waals surface area (Å²) in [7, 11) is -3.98. The average molecular weight is 385 g/mol. The lowest BCUT2D eigenvalue weighted by Gasteiger charge is -2.23. The van der Waals surface area contributed by atoms with Gasteiger partial charge in [0.15, 0.2) is 4.90 Å². The summed E-state index contributed by atoms with van der Waals surface area (Å²) in [5, 5.41) is 12.3. The molecule has 0 amide bonds. The zero-order valence-electron chi connectivity index (χ0n) is 14.5. The largest absolute Gasteiger partial charge is 0.358 e. The predicted octanol–water partition coefficient (Wildman–Crippen LogP) is 3.47. The molecule has 7 nitrogen and oxygen atoms in total. The van der Waals surface area contributed by atoms with Gasteiger partial charge in [-0.1, -0.05) is 30.3 Å². The number of hydrogen-bond acceptors (Lipinski definition) is 4. The van der Waals surface area contributed by atoms with Crippen molar-refractivity contribution in [2.75, 3.05) is 6.54 Å². The fourth-order valence-electron chi connectivity index (χ4n) is 3.88. The maximum absolute atomic E-state index is 12.7. The highest BCUT2D eigenvalue weighted by Crippen LogP contribution is 2.37. The van der Waals surface area contributed by atoms with Crippen molar-refractivity contribution >= 4 is 26.6 Å². The number of fused-ring (bicyclic) bond motifs is 3. The van der Waals surface area contributed by atoms with Crippen molar-refractivity contribution in [1.82, 2.24) is 9.71 Å². The molecule has 0 fully saturated rings. The van der Waals surface area contributed by atoms with Gasteiger partial charge in [0.2, 0.25) is 10.0 Å². The maximum atomic E-state index is 12.7. The SMILES string of the molecule is O=[N+]([O-])c1ccccc1S(=O)(=O)NC[C@@H]1CCCc2[nH]c3ccccc3c21. The van der Waals surface area contributed by atoms with E-state index in [1.807, 2.05) is 24.3 Å². The minimum absolute atomic E-state index is 0.0300. The Bertz CT molecular complexity index is 1120. The molecule has 1 aliphatic carbocycles. The summed E-state index contributed by atoms with van der Waals surface area (Å²) in [6.45, 7) is 0.212. The van der Waals surface area contributed by atoms with E-state index in [0.29, 0.717) is 0 Å². The van der Waals surface area contributed by atoms with Gasteiger partial charge in [-0.15, -0.1) is 0 Å². The van der Waals surface area contributed by atoms with E-state index in [1.165, 1.54) is 24.3 Å². The van der Waals surface area contributed by atoms with Crippen molar-refractivity contribution in [3.8, 4) is 0 Å². The number of nitrogens with zero attached hydrogens (tertiary/aromatic N) is 1. The smallest absolute Gasteiger partial charge is 0.289 e. The molecule has 8 heteroatoms. The topological polar surface area (TPSA) is 105 Å². The second-order valence-electron chi connectivity index (χ2n) is 6.73. The van der Waals surface area contributed by atoms with Crippen molar-refractivity contribution < 1.29 is 13.3 Å². The van der Waals surface area contributed by atoms with E-state index in [2.05, 4.69) is 9.71 Å². The fraction of sp³-hybridized carbons (Fsp3) is 0.263. The third-order valence-electron chi connectivity index (χ3n) is 5.09. The Morgan fingerprint density at radius 2 is 1.89 bits per heavy atom. The maximum Gasteiger partial charge on any atom is 0.289 e. The second-order valence-corrected chi connectivity index (χ2v) is 8.46. The van der Waals surface area contributed by atoms with Crippen LogP contribution < -0.4 is 4.72 Å². The lowest BCUT2D eigenvalue weighted by Crippen LogP contribution is -2.30. The van der Waals surface area contributed by atoms with Crippen LogP contribution in [0, 0.1) is 10.1 Å². The molecular formula is C19H19N3O4S. The number of H-pyrrole nitrogens is 1. The molecule has 1 aliphatic rings. The quantitative estimate of drug-likeness (QED) is 0.518. The molecule has 2 N–H and O–H groups in total.